The molecule has 9 heteroatoms. The number of nitro benzene ring substituents is 1. The van der Waals surface area contributed by atoms with Crippen molar-refractivity contribution in [3.05, 3.63) is 28.3 Å². The molecule has 0 spiro atoms. The third kappa shape index (κ3) is 3.89. The molecule has 8 nitrogen and oxygen atoms in total. The van der Waals surface area contributed by atoms with Gasteiger partial charge in [0.1, 0.15) is 10.6 Å². The lowest BCUT2D eigenvalue weighted by molar-refractivity contribution is -0.385. The number of nitro groups is 1. The van der Waals surface area contributed by atoms with Crippen LogP contribution >= 0.6 is 0 Å². The molecule has 3 N–H and O–H groups in total. The van der Waals surface area contributed by atoms with Crippen molar-refractivity contribution in [3.8, 4) is 5.75 Å². The van der Waals surface area contributed by atoms with E-state index >= 15 is 0 Å². The van der Waals surface area contributed by atoms with Gasteiger partial charge in [0.15, 0.2) is 0 Å². The van der Waals surface area contributed by atoms with Crippen molar-refractivity contribution >= 4 is 15.7 Å². The fraction of sp³-hybridized carbons (Fsp3) is 0.455. The summed E-state index contributed by atoms with van der Waals surface area (Å²) in [6.07, 6.45) is 0.606. The van der Waals surface area contributed by atoms with E-state index in [2.05, 4.69) is 4.72 Å². The van der Waals surface area contributed by atoms with E-state index in [1.807, 2.05) is 6.92 Å². The monoisotopic (exact) mass is 303 g/mol. The van der Waals surface area contributed by atoms with Crippen LogP contribution in [0.5, 0.6) is 5.75 Å². The van der Waals surface area contributed by atoms with Crippen LogP contribution in [0.2, 0.25) is 0 Å². The zero-order chi connectivity index (χ0) is 15.3. The van der Waals surface area contributed by atoms with Gasteiger partial charge in [-0.1, -0.05) is 6.92 Å². The van der Waals surface area contributed by atoms with Crippen LogP contribution in [0, 0.1) is 10.1 Å². The van der Waals surface area contributed by atoms with E-state index in [0.717, 1.165) is 6.07 Å². The Morgan fingerprint density at radius 1 is 1.50 bits per heavy atom. The normalized spacial score (nSPS) is 12.9. The van der Waals surface area contributed by atoms with Gasteiger partial charge in [0.25, 0.3) is 5.69 Å². The van der Waals surface area contributed by atoms with Crippen LogP contribution in [0.1, 0.15) is 13.3 Å². The lowest BCUT2D eigenvalue weighted by Crippen LogP contribution is -2.36. The Labute approximate surface area is 117 Å². The van der Waals surface area contributed by atoms with Crippen molar-refractivity contribution in [2.75, 3.05) is 13.7 Å². The molecule has 0 radical (unpaired) electrons. The SMILES string of the molecule is CCC(N)CNS(=O)(=O)c1cc([N+](=O)[O-])ccc1OC. The average Bonchev–Trinajstić information content (AvgIpc) is 2.43. The van der Waals surface area contributed by atoms with Gasteiger partial charge in [-0.05, 0) is 12.5 Å². The van der Waals surface area contributed by atoms with Crippen LogP contribution in [-0.2, 0) is 10.0 Å². The predicted molar refractivity (Wildman–Crippen MR) is 73.1 cm³/mol. The molecule has 0 saturated carbocycles. The summed E-state index contributed by atoms with van der Waals surface area (Å²) in [5, 5.41) is 10.7. The zero-order valence-electron chi connectivity index (χ0n) is 11.2. The Bertz CT molecular complexity index is 588. The summed E-state index contributed by atoms with van der Waals surface area (Å²) in [6, 6.07) is 3.05. The molecule has 1 aromatic carbocycles. The van der Waals surface area contributed by atoms with E-state index in [-0.39, 0.29) is 28.9 Å². The number of rotatable bonds is 7. The van der Waals surface area contributed by atoms with Crippen molar-refractivity contribution in [1.82, 2.24) is 4.72 Å². The maximum Gasteiger partial charge on any atom is 0.271 e. The summed E-state index contributed by atoms with van der Waals surface area (Å²) in [5.74, 6) is 0.0353. The molecule has 1 aromatic rings. The second-order valence-electron chi connectivity index (χ2n) is 4.11. The van der Waals surface area contributed by atoms with Gasteiger partial charge >= 0.3 is 0 Å². The van der Waals surface area contributed by atoms with Crippen molar-refractivity contribution in [1.29, 1.82) is 0 Å². The van der Waals surface area contributed by atoms with E-state index in [1.165, 1.54) is 19.2 Å². The van der Waals surface area contributed by atoms with Gasteiger partial charge in [-0.3, -0.25) is 10.1 Å². The Morgan fingerprint density at radius 2 is 2.15 bits per heavy atom. The number of nitrogens with one attached hydrogen (secondary N) is 1. The van der Waals surface area contributed by atoms with Gasteiger partial charge in [-0.15, -0.1) is 0 Å². The smallest absolute Gasteiger partial charge is 0.271 e. The van der Waals surface area contributed by atoms with E-state index < -0.39 is 14.9 Å². The molecule has 0 aromatic heterocycles. The number of hydrogen-bond acceptors (Lipinski definition) is 6. The highest BCUT2D eigenvalue weighted by Crippen LogP contribution is 2.27. The summed E-state index contributed by atoms with van der Waals surface area (Å²) in [4.78, 5) is 9.77. The number of ether oxygens (including phenoxy) is 1. The minimum atomic E-state index is -3.92. The predicted octanol–water partition coefficient (Wildman–Crippen LogP) is 0.619. The van der Waals surface area contributed by atoms with Gasteiger partial charge in [0.05, 0.1) is 12.0 Å². The van der Waals surface area contributed by atoms with E-state index in [0.29, 0.717) is 6.42 Å². The molecule has 0 bridgehead atoms. The molecule has 0 fully saturated rings. The minimum absolute atomic E-state index is 0.0353. The maximum atomic E-state index is 12.1. The first-order valence-corrected chi connectivity index (χ1v) is 7.37. The third-order valence-electron chi connectivity index (χ3n) is 2.71. The van der Waals surface area contributed by atoms with Crippen LogP contribution in [0.15, 0.2) is 23.1 Å². The zero-order valence-corrected chi connectivity index (χ0v) is 12.0. The lowest BCUT2D eigenvalue weighted by atomic mass is 10.2. The Morgan fingerprint density at radius 3 is 2.65 bits per heavy atom. The summed E-state index contributed by atoms with van der Waals surface area (Å²) >= 11 is 0. The van der Waals surface area contributed by atoms with Crippen molar-refractivity contribution in [2.45, 2.75) is 24.3 Å². The van der Waals surface area contributed by atoms with Crippen LogP contribution in [0.4, 0.5) is 5.69 Å². The summed E-state index contributed by atoms with van der Waals surface area (Å²) in [6.45, 7) is 1.87. The van der Waals surface area contributed by atoms with Crippen molar-refractivity contribution in [2.24, 2.45) is 5.73 Å². The summed E-state index contributed by atoms with van der Waals surface area (Å²) < 4.78 is 31.5. The minimum Gasteiger partial charge on any atom is -0.495 e. The average molecular weight is 303 g/mol. The molecule has 20 heavy (non-hydrogen) atoms. The van der Waals surface area contributed by atoms with Crippen LogP contribution in [-0.4, -0.2) is 33.0 Å². The number of methoxy groups -OCH3 is 1. The first-order chi connectivity index (χ1) is 9.31. The molecule has 0 aliphatic rings. The van der Waals surface area contributed by atoms with Crippen LogP contribution in [0.25, 0.3) is 0 Å². The van der Waals surface area contributed by atoms with Gasteiger partial charge in [-0.25, -0.2) is 13.1 Å². The largest absolute Gasteiger partial charge is 0.495 e. The highest BCUT2D eigenvalue weighted by molar-refractivity contribution is 7.89. The maximum absolute atomic E-state index is 12.1. The Hall–Kier alpha value is -1.71. The first-order valence-electron chi connectivity index (χ1n) is 5.89. The number of non-ortho nitro benzene ring substituents is 1. The standard InChI is InChI=1S/C11H17N3O5S/c1-3-8(12)7-13-20(17,18)11-6-9(14(15)16)4-5-10(11)19-2/h4-6,8,13H,3,7,12H2,1-2H3. The van der Waals surface area contributed by atoms with E-state index in [1.54, 1.807) is 0 Å². The van der Waals surface area contributed by atoms with E-state index in [4.69, 9.17) is 10.5 Å². The molecule has 1 unspecified atom stereocenters. The Balaban J connectivity index is 3.14. The third-order valence-corrected chi connectivity index (χ3v) is 4.15. The lowest BCUT2D eigenvalue weighted by Gasteiger charge is -2.13. The number of sulfonamides is 1. The molecule has 0 aliphatic carbocycles. The van der Waals surface area contributed by atoms with Gasteiger partial charge in [0, 0.05) is 24.7 Å². The topological polar surface area (TPSA) is 125 Å². The molecule has 112 valence electrons. The highest BCUT2D eigenvalue weighted by atomic mass is 32.2. The number of nitrogens with two attached hydrogens (primary N) is 1. The molecule has 0 aliphatic heterocycles. The van der Waals surface area contributed by atoms with Crippen molar-refractivity contribution < 1.29 is 18.1 Å². The molecular weight excluding hydrogens is 286 g/mol. The van der Waals surface area contributed by atoms with Crippen LogP contribution in [0.3, 0.4) is 0 Å². The first kappa shape index (κ1) is 16.3. The van der Waals surface area contributed by atoms with Gasteiger partial charge < -0.3 is 10.5 Å². The second-order valence-corrected chi connectivity index (χ2v) is 5.85. The van der Waals surface area contributed by atoms with Crippen LogP contribution < -0.4 is 15.2 Å². The fourth-order valence-corrected chi connectivity index (χ4v) is 2.71. The second kappa shape index (κ2) is 6.64. The number of benzene rings is 1. The number of hydrogen-bond donors (Lipinski definition) is 2. The molecule has 0 heterocycles. The molecular formula is C11H17N3O5S. The molecule has 0 saturated heterocycles. The highest BCUT2D eigenvalue weighted by Gasteiger charge is 2.23. The molecule has 1 atom stereocenters. The summed E-state index contributed by atoms with van der Waals surface area (Å²) in [7, 11) is -2.63. The number of nitrogens with zero attached hydrogens (tertiary/aromatic N) is 1. The molecule has 1 rings (SSSR count). The van der Waals surface area contributed by atoms with E-state index in [9.17, 15) is 18.5 Å². The Kier molecular flexibility index (Phi) is 5.43. The summed E-state index contributed by atoms with van der Waals surface area (Å²) in [5.41, 5.74) is 5.31. The van der Waals surface area contributed by atoms with Gasteiger partial charge in [-0.2, -0.15) is 0 Å². The molecule has 0 amide bonds. The quantitative estimate of drug-likeness (QED) is 0.562. The van der Waals surface area contributed by atoms with Gasteiger partial charge in [0.2, 0.25) is 10.0 Å². The van der Waals surface area contributed by atoms with Crippen molar-refractivity contribution in [3.63, 3.8) is 0 Å². The fourth-order valence-electron chi connectivity index (χ4n) is 1.43.